The maximum atomic E-state index is 12.2. The van der Waals surface area contributed by atoms with E-state index in [0.29, 0.717) is 12.0 Å². The van der Waals surface area contributed by atoms with Gasteiger partial charge < -0.3 is 10.4 Å². The molecule has 0 unspecified atom stereocenters. The van der Waals surface area contributed by atoms with Crippen molar-refractivity contribution < 1.29 is 9.90 Å². The fraction of sp³-hybridized carbons (Fsp3) is 0.692. The number of hydrogen-bond donors (Lipinski definition) is 2. The van der Waals surface area contributed by atoms with Gasteiger partial charge in [0.1, 0.15) is 0 Å². The molecule has 0 aromatic carbocycles. The van der Waals surface area contributed by atoms with Crippen LogP contribution in [0.25, 0.3) is 0 Å². The van der Waals surface area contributed by atoms with Crippen molar-refractivity contribution in [2.45, 2.75) is 52.2 Å². The lowest BCUT2D eigenvalue weighted by Gasteiger charge is -2.37. The Labute approximate surface area is 108 Å². The second kappa shape index (κ2) is 4.72. The van der Waals surface area contributed by atoms with Crippen LogP contribution in [0.2, 0.25) is 0 Å². The van der Waals surface area contributed by atoms with Gasteiger partial charge >= 0.3 is 0 Å². The molecule has 102 valence electrons. The minimum absolute atomic E-state index is 0.202. The molecule has 1 rings (SSSR count). The predicted molar refractivity (Wildman–Crippen MR) is 70.4 cm³/mol. The molecule has 5 nitrogen and oxygen atoms in total. The van der Waals surface area contributed by atoms with Crippen LogP contribution in [0.3, 0.4) is 0 Å². The molecule has 1 amide bonds. The third-order valence-corrected chi connectivity index (χ3v) is 3.44. The first-order valence-electron chi connectivity index (χ1n) is 6.16. The molecule has 0 spiro atoms. The first-order chi connectivity index (χ1) is 8.08. The van der Waals surface area contributed by atoms with Gasteiger partial charge in [0.2, 0.25) is 0 Å². The Morgan fingerprint density at radius 1 is 1.44 bits per heavy atom. The third kappa shape index (κ3) is 2.90. The zero-order valence-corrected chi connectivity index (χ0v) is 12.0. The second-order valence-electron chi connectivity index (χ2n) is 5.65. The lowest BCUT2D eigenvalue weighted by Crippen LogP contribution is -2.57. The van der Waals surface area contributed by atoms with Gasteiger partial charge in [0.15, 0.2) is 0 Å². The first-order valence-corrected chi connectivity index (χ1v) is 6.16. The molecule has 0 saturated carbocycles. The summed E-state index contributed by atoms with van der Waals surface area (Å²) in [6.45, 7) is 8.91. The molecule has 0 radical (unpaired) electrons. The van der Waals surface area contributed by atoms with Crippen LogP contribution in [0, 0.1) is 0 Å². The molecule has 0 atom stereocenters. The lowest BCUT2D eigenvalue weighted by molar-refractivity contribution is -0.00294. The summed E-state index contributed by atoms with van der Waals surface area (Å²) in [7, 11) is 1.79. The van der Waals surface area contributed by atoms with E-state index in [-0.39, 0.29) is 5.91 Å². The Hall–Kier alpha value is -1.36. The summed E-state index contributed by atoms with van der Waals surface area (Å²) in [6.07, 6.45) is 2.40. The van der Waals surface area contributed by atoms with E-state index in [1.165, 1.54) is 0 Å². The Bertz CT molecular complexity index is 442. The topological polar surface area (TPSA) is 67.2 Å². The van der Waals surface area contributed by atoms with Crippen LogP contribution in [0.15, 0.2) is 6.20 Å². The first kappa shape index (κ1) is 14.7. The molecule has 2 N–H and O–H groups in total. The van der Waals surface area contributed by atoms with E-state index in [2.05, 4.69) is 10.4 Å². The van der Waals surface area contributed by atoms with Crippen molar-refractivity contribution in [3.8, 4) is 0 Å². The van der Waals surface area contributed by atoms with Crippen molar-refractivity contribution in [3.05, 3.63) is 17.5 Å². The van der Waals surface area contributed by atoms with Crippen molar-refractivity contribution in [1.82, 2.24) is 15.1 Å². The summed E-state index contributed by atoms with van der Waals surface area (Å²) in [6, 6.07) is 0. The van der Waals surface area contributed by atoms with Gasteiger partial charge in [-0.25, -0.2) is 0 Å². The highest BCUT2D eigenvalue weighted by molar-refractivity contribution is 5.95. The average Bonchev–Trinajstić information content (AvgIpc) is 2.57. The number of amides is 1. The number of nitrogens with one attached hydrogen (secondary N) is 1. The summed E-state index contributed by atoms with van der Waals surface area (Å²) in [5, 5.41) is 17.1. The fourth-order valence-corrected chi connectivity index (χ4v) is 1.49. The second-order valence-corrected chi connectivity index (χ2v) is 5.65. The molecule has 1 aromatic heterocycles. The molecule has 0 fully saturated rings. The number of carbonyl (C=O) groups excluding carboxylic acids is 1. The number of hydrogen-bond acceptors (Lipinski definition) is 3. The standard InChI is InChI=1S/C13H23N3O2/c1-7-10-9(8-16(6)15-10)11(17)14-12(2,3)13(4,5)18/h8,18H,7H2,1-6H3,(H,14,17). The van der Waals surface area contributed by atoms with Crippen LogP contribution >= 0.6 is 0 Å². The van der Waals surface area contributed by atoms with E-state index in [1.54, 1.807) is 45.6 Å². The van der Waals surface area contributed by atoms with E-state index < -0.39 is 11.1 Å². The molecule has 0 aliphatic carbocycles. The average molecular weight is 253 g/mol. The SMILES string of the molecule is CCc1nn(C)cc1C(=O)NC(C)(C)C(C)(C)O. The van der Waals surface area contributed by atoms with E-state index >= 15 is 0 Å². The van der Waals surface area contributed by atoms with Crippen molar-refractivity contribution in [3.63, 3.8) is 0 Å². The number of aliphatic hydroxyl groups is 1. The van der Waals surface area contributed by atoms with Crippen molar-refractivity contribution in [1.29, 1.82) is 0 Å². The van der Waals surface area contributed by atoms with Crippen LogP contribution < -0.4 is 5.32 Å². The third-order valence-electron chi connectivity index (χ3n) is 3.44. The van der Waals surface area contributed by atoms with Gasteiger partial charge in [-0.3, -0.25) is 9.48 Å². The minimum atomic E-state index is -1.00. The largest absolute Gasteiger partial charge is 0.388 e. The van der Waals surface area contributed by atoms with Crippen molar-refractivity contribution in [2.75, 3.05) is 0 Å². The van der Waals surface area contributed by atoms with Crippen LogP contribution in [0.5, 0.6) is 0 Å². The van der Waals surface area contributed by atoms with Crippen LogP contribution in [-0.2, 0) is 13.5 Å². The molecule has 0 bridgehead atoms. The van der Waals surface area contributed by atoms with Gasteiger partial charge in [-0.05, 0) is 34.1 Å². The highest BCUT2D eigenvalue weighted by atomic mass is 16.3. The van der Waals surface area contributed by atoms with Gasteiger partial charge in [0.05, 0.1) is 22.4 Å². The number of carbonyl (C=O) groups is 1. The molecular formula is C13H23N3O2. The van der Waals surface area contributed by atoms with E-state index in [4.69, 9.17) is 0 Å². The molecule has 5 heteroatoms. The monoisotopic (exact) mass is 253 g/mol. The van der Waals surface area contributed by atoms with E-state index in [0.717, 1.165) is 5.69 Å². The Morgan fingerprint density at radius 3 is 2.44 bits per heavy atom. The van der Waals surface area contributed by atoms with Gasteiger partial charge in [-0.15, -0.1) is 0 Å². The maximum absolute atomic E-state index is 12.2. The fourth-order valence-electron chi connectivity index (χ4n) is 1.49. The summed E-state index contributed by atoms with van der Waals surface area (Å²) in [5.41, 5.74) is -0.388. The number of rotatable bonds is 4. The van der Waals surface area contributed by atoms with Gasteiger partial charge in [0.25, 0.3) is 5.91 Å². The van der Waals surface area contributed by atoms with Crippen LogP contribution in [0.1, 0.15) is 50.7 Å². The number of nitrogens with zero attached hydrogens (tertiary/aromatic N) is 2. The summed E-state index contributed by atoms with van der Waals surface area (Å²) < 4.78 is 1.63. The van der Waals surface area contributed by atoms with Crippen molar-refractivity contribution in [2.24, 2.45) is 7.05 Å². The number of aryl methyl sites for hydroxylation is 2. The Balaban J connectivity index is 2.96. The predicted octanol–water partition coefficient (Wildman–Crippen LogP) is 1.26. The molecule has 18 heavy (non-hydrogen) atoms. The summed E-state index contributed by atoms with van der Waals surface area (Å²) in [4.78, 5) is 12.2. The molecule has 1 aromatic rings. The Morgan fingerprint density at radius 2 is 2.00 bits per heavy atom. The zero-order chi connectivity index (χ0) is 14.1. The molecule has 0 aliphatic rings. The lowest BCUT2D eigenvalue weighted by atomic mass is 9.85. The van der Waals surface area contributed by atoms with Gasteiger partial charge in [-0.2, -0.15) is 5.10 Å². The Kier molecular flexibility index (Phi) is 3.86. The van der Waals surface area contributed by atoms with Crippen molar-refractivity contribution >= 4 is 5.91 Å². The van der Waals surface area contributed by atoms with E-state index in [9.17, 15) is 9.90 Å². The van der Waals surface area contributed by atoms with E-state index in [1.807, 2.05) is 6.92 Å². The zero-order valence-electron chi connectivity index (χ0n) is 12.0. The molecule has 0 aliphatic heterocycles. The smallest absolute Gasteiger partial charge is 0.255 e. The highest BCUT2D eigenvalue weighted by Gasteiger charge is 2.37. The summed E-state index contributed by atoms with van der Waals surface area (Å²) in [5.74, 6) is -0.202. The quantitative estimate of drug-likeness (QED) is 0.849. The van der Waals surface area contributed by atoms with Gasteiger partial charge in [-0.1, -0.05) is 6.92 Å². The minimum Gasteiger partial charge on any atom is -0.388 e. The normalized spacial score (nSPS) is 12.6. The molecular weight excluding hydrogens is 230 g/mol. The molecule has 0 saturated heterocycles. The highest BCUT2D eigenvalue weighted by Crippen LogP contribution is 2.21. The van der Waals surface area contributed by atoms with Crippen LogP contribution in [-0.4, -0.2) is 31.9 Å². The maximum Gasteiger partial charge on any atom is 0.255 e. The van der Waals surface area contributed by atoms with Gasteiger partial charge in [0, 0.05) is 13.2 Å². The molecule has 1 heterocycles. The van der Waals surface area contributed by atoms with Crippen LogP contribution in [0.4, 0.5) is 0 Å². The summed E-state index contributed by atoms with van der Waals surface area (Å²) >= 11 is 0. The number of aromatic nitrogens is 2.